The summed E-state index contributed by atoms with van der Waals surface area (Å²) in [5, 5.41) is 0. The van der Waals surface area contributed by atoms with E-state index >= 15 is 0 Å². The van der Waals surface area contributed by atoms with E-state index < -0.39 is 0 Å². The first-order chi connectivity index (χ1) is 10.8. The van der Waals surface area contributed by atoms with E-state index in [1.54, 1.807) is 0 Å². The molecule has 0 saturated heterocycles. The van der Waals surface area contributed by atoms with Gasteiger partial charge in [-0.2, -0.15) is 0 Å². The molecule has 0 spiro atoms. The van der Waals surface area contributed by atoms with Gasteiger partial charge in [0.05, 0.1) is 6.61 Å². The van der Waals surface area contributed by atoms with Crippen LogP contribution >= 0.6 is 11.6 Å². The second-order valence-corrected chi connectivity index (χ2v) is 5.53. The summed E-state index contributed by atoms with van der Waals surface area (Å²) in [7, 11) is 0. The minimum absolute atomic E-state index is 0.0933. The molecule has 1 unspecified atom stereocenters. The van der Waals surface area contributed by atoms with Crippen molar-refractivity contribution in [1.82, 2.24) is 0 Å². The molecule has 0 saturated carbocycles. The van der Waals surface area contributed by atoms with E-state index in [4.69, 9.17) is 16.3 Å². The van der Waals surface area contributed by atoms with Crippen LogP contribution < -0.4 is 4.74 Å². The Morgan fingerprint density at radius 2 is 1.77 bits per heavy atom. The highest BCUT2D eigenvalue weighted by Crippen LogP contribution is 2.25. The number of hydrogen-bond donors (Lipinski definition) is 0. The Bertz CT molecular complexity index is 578. The van der Waals surface area contributed by atoms with Crippen molar-refractivity contribution < 1.29 is 9.53 Å². The Morgan fingerprint density at radius 3 is 2.36 bits per heavy atom. The van der Waals surface area contributed by atoms with E-state index in [0.717, 1.165) is 29.7 Å². The molecule has 0 bridgehead atoms. The van der Waals surface area contributed by atoms with Gasteiger partial charge >= 0.3 is 0 Å². The maximum atomic E-state index is 12.7. The Morgan fingerprint density at radius 1 is 1.09 bits per heavy atom. The summed E-state index contributed by atoms with van der Waals surface area (Å²) in [4.78, 5) is 12.7. The van der Waals surface area contributed by atoms with Crippen LogP contribution in [0.1, 0.15) is 41.6 Å². The number of carbonyl (C=O) groups is 1. The molecule has 1 atom stereocenters. The number of rotatable bonds is 8. The van der Waals surface area contributed by atoms with Crippen molar-refractivity contribution in [3.05, 3.63) is 65.7 Å². The van der Waals surface area contributed by atoms with E-state index in [1.807, 2.05) is 61.5 Å². The SMILES string of the molecule is CCC(C(=O)c1ccc(OCCCCl)cc1)c1ccccc1. The topological polar surface area (TPSA) is 26.3 Å². The first-order valence-electron chi connectivity index (χ1n) is 7.64. The molecule has 0 amide bonds. The largest absolute Gasteiger partial charge is 0.494 e. The van der Waals surface area contributed by atoms with Gasteiger partial charge in [0, 0.05) is 17.4 Å². The van der Waals surface area contributed by atoms with Crippen LogP contribution in [0.4, 0.5) is 0 Å². The molecule has 3 heteroatoms. The third-order valence-corrected chi connectivity index (χ3v) is 3.88. The van der Waals surface area contributed by atoms with Crippen LogP contribution in [-0.2, 0) is 0 Å². The van der Waals surface area contributed by atoms with E-state index in [2.05, 4.69) is 0 Å². The number of Topliss-reactive ketones (excluding diaryl/α,β-unsaturated/α-hetero) is 1. The Kier molecular flexibility index (Phi) is 6.47. The molecule has 22 heavy (non-hydrogen) atoms. The number of alkyl halides is 1. The number of halogens is 1. The smallest absolute Gasteiger partial charge is 0.170 e. The molecular formula is C19H21ClO2. The Hall–Kier alpha value is -1.80. The molecule has 0 heterocycles. The van der Waals surface area contributed by atoms with Crippen molar-refractivity contribution in [3.8, 4) is 5.75 Å². The zero-order valence-electron chi connectivity index (χ0n) is 12.8. The van der Waals surface area contributed by atoms with E-state index in [0.29, 0.717) is 12.5 Å². The predicted molar refractivity (Wildman–Crippen MR) is 91.1 cm³/mol. The zero-order valence-corrected chi connectivity index (χ0v) is 13.6. The van der Waals surface area contributed by atoms with Gasteiger partial charge in [0.1, 0.15) is 5.75 Å². The summed E-state index contributed by atoms with van der Waals surface area (Å²) in [5.41, 5.74) is 1.79. The van der Waals surface area contributed by atoms with Gasteiger partial charge in [-0.25, -0.2) is 0 Å². The Balaban J connectivity index is 2.08. The van der Waals surface area contributed by atoms with Crippen molar-refractivity contribution in [1.29, 1.82) is 0 Å². The van der Waals surface area contributed by atoms with Crippen LogP contribution in [-0.4, -0.2) is 18.3 Å². The van der Waals surface area contributed by atoms with Crippen LogP contribution in [0.15, 0.2) is 54.6 Å². The van der Waals surface area contributed by atoms with Crippen molar-refractivity contribution in [3.63, 3.8) is 0 Å². The maximum Gasteiger partial charge on any atom is 0.170 e. The molecule has 0 aliphatic heterocycles. The lowest BCUT2D eigenvalue weighted by molar-refractivity contribution is 0.0957. The lowest BCUT2D eigenvalue weighted by Crippen LogP contribution is -2.12. The highest BCUT2D eigenvalue weighted by molar-refractivity contribution is 6.17. The monoisotopic (exact) mass is 316 g/mol. The van der Waals surface area contributed by atoms with Crippen molar-refractivity contribution in [2.75, 3.05) is 12.5 Å². The van der Waals surface area contributed by atoms with Crippen LogP contribution in [0.3, 0.4) is 0 Å². The minimum Gasteiger partial charge on any atom is -0.494 e. The van der Waals surface area contributed by atoms with Gasteiger partial charge in [-0.05, 0) is 42.7 Å². The highest BCUT2D eigenvalue weighted by Gasteiger charge is 2.19. The molecule has 2 nitrogen and oxygen atoms in total. The molecule has 2 aromatic rings. The molecule has 0 N–H and O–H groups in total. The third-order valence-electron chi connectivity index (χ3n) is 3.61. The summed E-state index contributed by atoms with van der Waals surface area (Å²) >= 11 is 5.62. The van der Waals surface area contributed by atoms with Gasteiger partial charge in [0.15, 0.2) is 5.78 Å². The van der Waals surface area contributed by atoms with Crippen LogP contribution in [0.5, 0.6) is 5.75 Å². The molecule has 0 aliphatic carbocycles. The van der Waals surface area contributed by atoms with Gasteiger partial charge in [-0.15, -0.1) is 11.6 Å². The highest BCUT2D eigenvalue weighted by atomic mass is 35.5. The normalized spacial score (nSPS) is 11.9. The second kappa shape index (κ2) is 8.60. The van der Waals surface area contributed by atoms with E-state index in [9.17, 15) is 4.79 Å². The van der Waals surface area contributed by atoms with Gasteiger partial charge < -0.3 is 4.74 Å². The summed E-state index contributed by atoms with van der Waals surface area (Å²) in [6.07, 6.45) is 1.60. The fraction of sp³-hybridized carbons (Fsp3) is 0.316. The molecule has 116 valence electrons. The van der Waals surface area contributed by atoms with Crippen molar-refractivity contribution >= 4 is 17.4 Å². The molecule has 0 fully saturated rings. The van der Waals surface area contributed by atoms with Gasteiger partial charge in [-0.1, -0.05) is 37.3 Å². The fourth-order valence-corrected chi connectivity index (χ4v) is 2.53. The van der Waals surface area contributed by atoms with Crippen LogP contribution in [0, 0.1) is 0 Å². The standard InChI is InChI=1S/C19H21ClO2/c1-2-18(15-7-4-3-5-8-15)19(21)16-9-11-17(12-10-16)22-14-6-13-20/h3-5,7-12,18H,2,6,13-14H2,1H3. The predicted octanol–water partition coefficient (Wildman–Crippen LogP) is 5.07. The van der Waals surface area contributed by atoms with E-state index in [-0.39, 0.29) is 11.7 Å². The van der Waals surface area contributed by atoms with Crippen molar-refractivity contribution in [2.24, 2.45) is 0 Å². The first-order valence-corrected chi connectivity index (χ1v) is 8.17. The summed E-state index contributed by atoms with van der Waals surface area (Å²) in [6, 6.07) is 17.3. The second-order valence-electron chi connectivity index (χ2n) is 5.15. The average Bonchev–Trinajstić information content (AvgIpc) is 2.57. The molecule has 2 rings (SSSR count). The summed E-state index contributed by atoms with van der Waals surface area (Å²) < 4.78 is 5.56. The quantitative estimate of drug-likeness (QED) is 0.386. The lowest BCUT2D eigenvalue weighted by atomic mass is 9.89. The van der Waals surface area contributed by atoms with Gasteiger partial charge in [0.2, 0.25) is 0 Å². The zero-order chi connectivity index (χ0) is 15.8. The minimum atomic E-state index is -0.0933. The Labute approximate surface area is 137 Å². The number of ketones is 1. The number of carbonyl (C=O) groups excluding carboxylic acids is 1. The van der Waals surface area contributed by atoms with Gasteiger partial charge in [0.25, 0.3) is 0 Å². The molecule has 0 aliphatic rings. The average molecular weight is 317 g/mol. The number of benzene rings is 2. The number of hydrogen-bond acceptors (Lipinski definition) is 2. The van der Waals surface area contributed by atoms with Gasteiger partial charge in [-0.3, -0.25) is 4.79 Å². The molecule has 0 radical (unpaired) electrons. The molecular weight excluding hydrogens is 296 g/mol. The number of ether oxygens (including phenoxy) is 1. The lowest BCUT2D eigenvalue weighted by Gasteiger charge is -2.14. The van der Waals surface area contributed by atoms with Crippen LogP contribution in [0.2, 0.25) is 0 Å². The molecule has 0 aromatic heterocycles. The summed E-state index contributed by atoms with van der Waals surface area (Å²) in [5.74, 6) is 1.42. The van der Waals surface area contributed by atoms with Crippen LogP contribution in [0.25, 0.3) is 0 Å². The van der Waals surface area contributed by atoms with Crippen molar-refractivity contribution in [2.45, 2.75) is 25.7 Å². The maximum absolute atomic E-state index is 12.7. The summed E-state index contributed by atoms with van der Waals surface area (Å²) in [6.45, 7) is 2.64. The first kappa shape index (κ1) is 16.6. The van der Waals surface area contributed by atoms with E-state index in [1.165, 1.54) is 0 Å². The third kappa shape index (κ3) is 4.35. The molecule has 2 aromatic carbocycles. The fourth-order valence-electron chi connectivity index (χ4n) is 2.42.